The quantitative estimate of drug-likeness (QED) is 0.643. The molecule has 3 rings (SSSR count). The second-order valence-corrected chi connectivity index (χ2v) is 6.63. The number of piperazine rings is 1. The van der Waals surface area contributed by atoms with E-state index in [1.54, 1.807) is 47.6 Å². The Bertz CT molecular complexity index is 798. The number of hydrogen-bond acceptors (Lipinski definition) is 7. The standard InChI is InChI=1S/C20H26N6O3.ClH/c21-8-15-29-17-4-2-16(3-5-17)24-18(27)6-7-19(28)25-11-13-26(14-12-25)20-22-9-1-10-23-20;/h1-5,9-10H,6-8,11-15,21H2,(H,24,27);1H. The number of nitrogens with one attached hydrogen (secondary N) is 1. The molecule has 1 aromatic carbocycles. The van der Waals surface area contributed by atoms with Crippen LogP contribution in [0.15, 0.2) is 42.7 Å². The number of nitrogens with two attached hydrogens (primary N) is 1. The van der Waals surface area contributed by atoms with Gasteiger partial charge < -0.3 is 25.6 Å². The summed E-state index contributed by atoms with van der Waals surface area (Å²) in [5.41, 5.74) is 6.06. The van der Waals surface area contributed by atoms with Crippen LogP contribution in [0, 0.1) is 0 Å². The van der Waals surface area contributed by atoms with Crippen LogP contribution in [0.4, 0.5) is 11.6 Å². The number of ether oxygens (including phenoxy) is 1. The predicted octanol–water partition coefficient (Wildman–Crippen LogP) is 1.30. The summed E-state index contributed by atoms with van der Waals surface area (Å²) in [6.07, 6.45) is 3.75. The van der Waals surface area contributed by atoms with E-state index in [0.29, 0.717) is 56.7 Å². The second-order valence-electron chi connectivity index (χ2n) is 6.63. The van der Waals surface area contributed by atoms with Crippen molar-refractivity contribution in [2.45, 2.75) is 12.8 Å². The molecule has 2 heterocycles. The molecule has 10 heteroatoms. The molecule has 0 saturated carbocycles. The van der Waals surface area contributed by atoms with E-state index in [1.165, 1.54) is 0 Å². The Morgan fingerprint density at radius 3 is 2.33 bits per heavy atom. The lowest BCUT2D eigenvalue weighted by Gasteiger charge is -2.34. The highest BCUT2D eigenvalue weighted by molar-refractivity contribution is 5.93. The largest absolute Gasteiger partial charge is 0.492 e. The van der Waals surface area contributed by atoms with Crippen molar-refractivity contribution in [2.75, 3.05) is 49.5 Å². The molecule has 1 aromatic heterocycles. The Morgan fingerprint density at radius 2 is 1.70 bits per heavy atom. The molecule has 0 spiro atoms. The van der Waals surface area contributed by atoms with Crippen molar-refractivity contribution in [3.05, 3.63) is 42.7 Å². The maximum Gasteiger partial charge on any atom is 0.225 e. The third kappa shape index (κ3) is 6.85. The number of aromatic nitrogens is 2. The van der Waals surface area contributed by atoms with Crippen LogP contribution in [0.2, 0.25) is 0 Å². The van der Waals surface area contributed by atoms with Crippen LogP contribution in [0.1, 0.15) is 12.8 Å². The lowest BCUT2D eigenvalue weighted by atomic mass is 10.2. The average molecular weight is 435 g/mol. The molecule has 0 bridgehead atoms. The summed E-state index contributed by atoms with van der Waals surface area (Å²) in [6.45, 7) is 3.45. The fraction of sp³-hybridized carbons (Fsp3) is 0.400. The lowest BCUT2D eigenvalue weighted by molar-refractivity contribution is -0.133. The predicted molar refractivity (Wildman–Crippen MR) is 117 cm³/mol. The minimum atomic E-state index is -0.190. The van der Waals surface area contributed by atoms with E-state index in [2.05, 4.69) is 20.2 Å². The van der Waals surface area contributed by atoms with Crippen molar-refractivity contribution in [1.82, 2.24) is 14.9 Å². The molecule has 2 amide bonds. The fourth-order valence-electron chi connectivity index (χ4n) is 3.02. The zero-order valence-electron chi connectivity index (χ0n) is 16.7. The van der Waals surface area contributed by atoms with Gasteiger partial charge in [-0.05, 0) is 30.3 Å². The van der Waals surface area contributed by atoms with Crippen LogP contribution < -0.4 is 20.7 Å². The first-order valence-electron chi connectivity index (χ1n) is 9.68. The number of hydrogen-bond donors (Lipinski definition) is 2. The van der Waals surface area contributed by atoms with Gasteiger partial charge in [-0.1, -0.05) is 0 Å². The molecule has 162 valence electrons. The van der Waals surface area contributed by atoms with Gasteiger partial charge in [0, 0.05) is 63.6 Å². The Balaban J connectivity index is 0.00000320. The van der Waals surface area contributed by atoms with E-state index in [1.807, 2.05) is 0 Å². The van der Waals surface area contributed by atoms with Gasteiger partial charge in [-0.3, -0.25) is 9.59 Å². The van der Waals surface area contributed by atoms with Crippen LogP contribution >= 0.6 is 12.4 Å². The van der Waals surface area contributed by atoms with Crippen LogP contribution in [0.5, 0.6) is 5.75 Å². The topological polar surface area (TPSA) is 114 Å². The Labute approximate surface area is 182 Å². The number of nitrogens with zero attached hydrogens (tertiary/aromatic N) is 4. The Morgan fingerprint density at radius 1 is 1.03 bits per heavy atom. The first-order chi connectivity index (χ1) is 14.2. The van der Waals surface area contributed by atoms with Crippen molar-refractivity contribution >= 4 is 35.9 Å². The van der Waals surface area contributed by atoms with E-state index in [0.717, 1.165) is 0 Å². The number of anilines is 2. The van der Waals surface area contributed by atoms with E-state index < -0.39 is 0 Å². The van der Waals surface area contributed by atoms with Gasteiger partial charge in [-0.25, -0.2) is 9.97 Å². The molecule has 0 aliphatic carbocycles. The van der Waals surface area contributed by atoms with Gasteiger partial charge in [-0.15, -0.1) is 12.4 Å². The van der Waals surface area contributed by atoms with Crippen molar-refractivity contribution in [2.24, 2.45) is 5.73 Å². The highest BCUT2D eigenvalue weighted by atomic mass is 35.5. The van der Waals surface area contributed by atoms with Gasteiger partial charge in [0.2, 0.25) is 17.8 Å². The van der Waals surface area contributed by atoms with E-state index in [-0.39, 0.29) is 37.1 Å². The fourth-order valence-corrected chi connectivity index (χ4v) is 3.02. The maximum absolute atomic E-state index is 12.4. The van der Waals surface area contributed by atoms with Crippen LogP contribution in [-0.4, -0.2) is 66.0 Å². The van der Waals surface area contributed by atoms with Crippen molar-refractivity contribution in [3.8, 4) is 5.75 Å². The Kier molecular flexibility index (Phi) is 9.30. The molecule has 1 aliphatic rings. The number of benzene rings is 1. The van der Waals surface area contributed by atoms with Crippen LogP contribution in [0.3, 0.4) is 0 Å². The molecule has 0 unspecified atom stereocenters. The molecule has 1 aliphatic heterocycles. The summed E-state index contributed by atoms with van der Waals surface area (Å²) in [5, 5.41) is 2.80. The molecule has 1 fully saturated rings. The third-order valence-corrected chi connectivity index (χ3v) is 4.56. The van der Waals surface area contributed by atoms with Gasteiger partial charge in [-0.2, -0.15) is 0 Å². The van der Waals surface area contributed by atoms with Gasteiger partial charge in [0.1, 0.15) is 12.4 Å². The molecule has 2 aromatic rings. The van der Waals surface area contributed by atoms with Crippen LogP contribution in [-0.2, 0) is 9.59 Å². The molecule has 0 atom stereocenters. The Hall–Kier alpha value is -2.91. The van der Waals surface area contributed by atoms with Crippen molar-refractivity contribution in [1.29, 1.82) is 0 Å². The second kappa shape index (κ2) is 11.9. The van der Waals surface area contributed by atoms with E-state index in [4.69, 9.17) is 10.5 Å². The highest BCUT2D eigenvalue weighted by Gasteiger charge is 2.22. The van der Waals surface area contributed by atoms with E-state index in [9.17, 15) is 9.59 Å². The zero-order valence-corrected chi connectivity index (χ0v) is 17.5. The van der Waals surface area contributed by atoms with Crippen molar-refractivity contribution < 1.29 is 14.3 Å². The van der Waals surface area contributed by atoms with Gasteiger partial charge in [0.05, 0.1) is 0 Å². The number of rotatable bonds is 8. The monoisotopic (exact) mass is 434 g/mol. The molecule has 3 N–H and O–H groups in total. The molecule has 1 saturated heterocycles. The minimum absolute atomic E-state index is 0. The summed E-state index contributed by atoms with van der Waals surface area (Å²) in [5.74, 6) is 1.17. The number of amides is 2. The normalized spacial score (nSPS) is 13.4. The third-order valence-electron chi connectivity index (χ3n) is 4.56. The SMILES string of the molecule is Cl.NCCOc1ccc(NC(=O)CCC(=O)N2CCN(c3ncccn3)CC2)cc1. The number of halogens is 1. The molecule has 9 nitrogen and oxygen atoms in total. The zero-order chi connectivity index (χ0) is 20.5. The van der Waals surface area contributed by atoms with Gasteiger partial charge >= 0.3 is 0 Å². The average Bonchev–Trinajstić information content (AvgIpc) is 2.78. The summed E-state index contributed by atoms with van der Waals surface area (Å²) in [6, 6.07) is 8.84. The van der Waals surface area contributed by atoms with E-state index >= 15 is 0 Å². The first kappa shape index (κ1) is 23.4. The summed E-state index contributed by atoms with van der Waals surface area (Å²) < 4.78 is 5.40. The van der Waals surface area contributed by atoms with Crippen LogP contribution in [0.25, 0.3) is 0 Å². The molecular formula is C20H27ClN6O3. The van der Waals surface area contributed by atoms with Gasteiger partial charge in [0.15, 0.2) is 0 Å². The summed E-state index contributed by atoms with van der Waals surface area (Å²) in [4.78, 5) is 36.9. The maximum atomic E-state index is 12.4. The van der Waals surface area contributed by atoms with Crippen molar-refractivity contribution in [3.63, 3.8) is 0 Å². The highest BCUT2D eigenvalue weighted by Crippen LogP contribution is 2.16. The first-order valence-corrected chi connectivity index (χ1v) is 9.68. The summed E-state index contributed by atoms with van der Waals surface area (Å²) >= 11 is 0. The summed E-state index contributed by atoms with van der Waals surface area (Å²) in [7, 11) is 0. The molecular weight excluding hydrogens is 408 g/mol. The lowest BCUT2D eigenvalue weighted by Crippen LogP contribution is -2.49. The number of carbonyl (C=O) groups excluding carboxylic acids is 2. The minimum Gasteiger partial charge on any atom is -0.492 e. The number of carbonyl (C=O) groups is 2. The molecule has 0 radical (unpaired) electrons. The van der Waals surface area contributed by atoms with Gasteiger partial charge in [0.25, 0.3) is 0 Å². The molecule has 30 heavy (non-hydrogen) atoms. The smallest absolute Gasteiger partial charge is 0.225 e.